The Morgan fingerprint density at radius 1 is 0.766 bits per heavy atom. The van der Waals surface area contributed by atoms with Crippen LogP contribution in [-0.4, -0.2) is 50.7 Å². The molecule has 0 radical (unpaired) electrons. The van der Waals surface area contributed by atoms with E-state index in [1.165, 1.54) is 12.1 Å². The first-order chi connectivity index (χ1) is 22.7. The normalized spacial score (nSPS) is 12.0. The van der Waals surface area contributed by atoms with Gasteiger partial charge in [-0.3, -0.25) is 14.5 Å². The van der Waals surface area contributed by atoms with E-state index in [9.17, 15) is 18.0 Å². The van der Waals surface area contributed by atoms with Crippen LogP contribution in [0.1, 0.15) is 31.4 Å². The van der Waals surface area contributed by atoms with Crippen LogP contribution in [0.4, 0.5) is 4.79 Å². The van der Waals surface area contributed by atoms with Crippen molar-refractivity contribution in [3.8, 4) is 16.9 Å². The van der Waals surface area contributed by atoms with Crippen molar-refractivity contribution in [3.63, 3.8) is 0 Å². The van der Waals surface area contributed by atoms with E-state index in [1.807, 2.05) is 84.9 Å². The fourth-order valence-corrected chi connectivity index (χ4v) is 5.97. The van der Waals surface area contributed by atoms with Gasteiger partial charge >= 0.3 is 6.09 Å². The molecule has 0 bridgehead atoms. The molecule has 0 fully saturated rings. The lowest BCUT2D eigenvalue weighted by Crippen LogP contribution is -2.51. The highest BCUT2D eigenvalue weighted by Gasteiger charge is 2.38. The maximum absolute atomic E-state index is 14.0. The van der Waals surface area contributed by atoms with Gasteiger partial charge in [0.2, 0.25) is 0 Å². The minimum atomic E-state index is -4.39. The van der Waals surface area contributed by atoms with E-state index in [0.717, 1.165) is 22.3 Å². The Labute approximate surface area is 275 Å². The van der Waals surface area contributed by atoms with Crippen molar-refractivity contribution in [2.45, 2.75) is 50.5 Å². The van der Waals surface area contributed by atoms with Crippen LogP contribution in [0.15, 0.2) is 114 Å². The lowest BCUT2D eigenvalue weighted by Gasteiger charge is -2.30. The van der Waals surface area contributed by atoms with Crippen LogP contribution < -0.4 is 15.5 Å². The zero-order valence-corrected chi connectivity index (χ0v) is 27.3. The number of alkyl carbamates (subject to hydrolysis) is 1. The molecule has 248 valence electrons. The van der Waals surface area contributed by atoms with Gasteiger partial charge in [0.15, 0.2) is 0 Å². The number of hydrogen-bond acceptors (Lipinski definition) is 8. The summed E-state index contributed by atoms with van der Waals surface area (Å²) in [5, 5.41) is 2.59. The smallest absolute Gasteiger partial charge is 0.407 e. The highest BCUT2D eigenvalue weighted by molar-refractivity contribution is 7.89. The highest BCUT2D eigenvalue weighted by Crippen LogP contribution is 2.27. The topological polar surface area (TPSA) is 132 Å². The third kappa shape index (κ3) is 10.4. The van der Waals surface area contributed by atoms with Crippen LogP contribution in [0.2, 0.25) is 0 Å². The third-order valence-electron chi connectivity index (χ3n) is 6.84. The molecule has 0 aliphatic rings. The molecule has 2 amide bonds. The summed E-state index contributed by atoms with van der Waals surface area (Å²) in [6.45, 7) is 3.29. The van der Waals surface area contributed by atoms with Crippen molar-refractivity contribution >= 4 is 22.0 Å². The molecular formula is C35H39N3O8S. The molecule has 0 aromatic heterocycles. The van der Waals surface area contributed by atoms with Crippen LogP contribution in [-0.2, 0) is 42.4 Å². The van der Waals surface area contributed by atoms with E-state index >= 15 is 0 Å². The minimum absolute atomic E-state index is 0.0490. The summed E-state index contributed by atoms with van der Waals surface area (Å²) in [4.78, 5) is 37.1. The SMILES string of the molecule is COc1ccc(-c2ccc(S(=O)(=O)N(OC(C)C)[C@H](CCNC(=O)OCc3ccccc3)C(=O)NOCc3ccccc3)cc2)cc1. The molecule has 4 aromatic rings. The molecule has 2 N–H and O–H groups in total. The van der Waals surface area contributed by atoms with Crippen LogP contribution in [0.3, 0.4) is 0 Å². The van der Waals surface area contributed by atoms with E-state index in [0.29, 0.717) is 10.2 Å². The van der Waals surface area contributed by atoms with E-state index < -0.39 is 34.2 Å². The van der Waals surface area contributed by atoms with Crippen molar-refractivity contribution in [1.29, 1.82) is 0 Å². The van der Waals surface area contributed by atoms with Crippen molar-refractivity contribution in [1.82, 2.24) is 15.3 Å². The minimum Gasteiger partial charge on any atom is -0.497 e. The van der Waals surface area contributed by atoms with E-state index in [-0.39, 0.29) is 31.1 Å². The molecule has 0 unspecified atom stereocenters. The molecule has 4 aromatic carbocycles. The molecule has 12 heteroatoms. The summed E-state index contributed by atoms with van der Waals surface area (Å²) in [5.74, 6) is -0.0788. The maximum atomic E-state index is 14.0. The number of nitrogens with zero attached hydrogens (tertiary/aromatic N) is 1. The second-order valence-electron chi connectivity index (χ2n) is 10.7. The van der Waals surface area contributed by atoms with Gasteiger partial charge in [-0.05, 0) is 66.8 Å². The van der Waals surface area contributed by atoms with Crippen LogP contribution in [0.5, 0.6) is 5.75 Å². The standard InChI is InChI=1S/C35H39N3O8S/c1-26(2)46-38(47(41,42)32-20-16-30(17-21-32)29-14-18-31(43-3)19-15-29)33(34(39)37-45-25-28-12-8-5-9-13-28)22-23-36-35(40)44-24-27-10-6-4-7-11-27/h4-21,26,33H,22-25H2,1-3H3,(H,36,40)(H,37,39)/t33-/m1/s1. The number of methoxy groups -OCH3 is 1. The van der Waals surface area contributed by atoms with Gasteiger partial charge in [0.05, 0.1) is 24.7 Å². The summed E-state index contributed by atoms with van der Waals surface area (Å²) in [6.07, 6.45) is -1.49. The van der Waals surface area contributed by atoms with Gasteiger partial charge in [0.1, 0.15) is 18.4 Å². The molecular weight excluding hydrogens is 622 g/mol. The molecule has 0 saturated carbocycles. The summed E-state index contributed by atoms with van der Waals surface area (Å²) >= 11 is 0. The van der Waals surface area contributed by atoms with Gasteiger partial charge in [-0.15, -0.1) is 0 Å². The van der Waals surface area contributed by atoms with E-state index in [2.05, 4.69) is 10.8 Å². The Bertz CT molecular complexity index is 1670. The quantitative estimate of drug-likeness (QED) is 0.148. The number of hydroxylamine groups is 2. The predicted octanol–water partition coefficient (Wildman–Crippen LogP) is 5.63. The molecule has 0 saturated heterocycles. The van der Waals surface area contributed by atoms with Crippen molar-refractivity contribution in [2.75, 3.05) is 13.7 Å². The Morgan fingerprint density at radius 3 is 1.87 bits per heavy atom. The van der Waals surface area contributed by atoms with Gasteiger partial charge < -0.3 is 14.8 Å². The van der Waals surface area contributed by atoms with Crippen LogP contribution >= 0.6 is 0 Å². The number of ether oxygens (including phenoxy) is 2. The number of rotatable bonds is 16. The van der Waals surface area contributed by atoms with Crippen molar-refractivity contribution in [3.05, 3.63) is 120 Å². The van der Waals surface area contributed by atoms with Crippen LogP contribution in [0.25, 0.3) is 11.1 Å². The Hall–Kier alpha value is -4.75. The number of carbonyl (C=O) groups is 2. The first-order valence-corrected chi connectivity index (χ1v) is 16.5. The molecule has 11 nitrogen and oxygen atoms in total. The predicted molar refractivity (Wildman–Crippen MR) is 176 cm³/mol. The lowest BCUT2D eigenvalue weighted by molar-refractivity contribution is -0.169. The first-order valence-electron chi connectivity index (χ1n) is 15.0. The summed E-state index contributed by atoms with van der Waals surface area (Å²) in [7, 11) is -2.81. The number of amides is 2. The second-order valence-corrected chi connectivity index (χ2v) is 12.5. The Morgan fingerprint density at radius 2 is 1.32 bits per heavy atom. The second kappa shape index (κ2) is 17.2. The van der Waals surface area contributed by atoms with Gasteiger partial charge in [-0.2, -0.15) is 0 Å². The number of sulfonamides is 1. The van der Waals surface area contributed by atoms with E-state index in [1.54, 1.807) is 33.1 Å². The highest BCUT2D eigenvalue weighted by atomic mass is 32.2. The monoisotopic (exact) mass is 661 g/mol. The summed E-state index contributed by atoms with van der Waals surface area (Å²) in [6, 6.07) is 30.5. The molecule has 1 atom stereocenters. The zero-order valence-electron chi connectivity index (χ0n) is 26.5. The van der Waals surface area contributed by atoms with E-state index in [4.69, 9.17) is 19.1 Å². The molecule has 0 aliphatic carbocycles. The lowest BCUT2D eigenvalue weighted by atomic mass is 10.1. The molecule has 0 aliphatic heterocycles. The van der Waals surface area contributed by atoms with Crippen LogP contribution in [0, 0.1) is 0 Å². The number of nitrogens with one attached hydrogen (secondary N) is 2. The average Bonchev–Trinajstić information content (AvgIpc) is 3.09. The van der Waals surface area contributed by atoms with Gasteiger partial charge in [0.25, 0.3) is 15.9 Å². The van der Waals surface area contributed by atoms with Gasteiger partial charge in [0, 0.05) is 6.54 Å². The largest absolute Gasteiger partial charge is 0.497 e. The van der Waals surface area contributed by atoms with Gasteiger partial charge in [-0.1, -0.05) is 89.4 Å². The third-order valence-corrected chi connectivity index (χ3v) is 8.52. The van der Waals surface area contributed by atoms with Gasteiger partial charge in [-0.25, -0.2) is 18.7 Å². The number of hydrogen-bond donors (Lipinski definition) is 2. The number of benzene rings is 4. The molecule has 0 heterocycles. The summed E-state index contributed by atoms with van der Waals surface area (Å²) in [5.41, 5.74) is 5.60. The molecule has 47 heavy (non-hydrogen) atoms. The first kappa shape index (κ1) is 35.1. The van der Waals surface area contributed by atoms with Crippen molar-refractivity contribution in [2.24, 2.45) is 0 Å². The maximum Gasteiger partial charge on any atom is 0.407 e. The Balaban J connectivity index is 1.52. The molecule has 4 rings (SSSR count). The fraction of sp³-hybridized carbons (Fsp3) is 0.257. The van der Waals surface area contributed by atoms with Crippen molar-refractivity contribution < 1.29 is 37.2 Å². The number of carbonyl (C=O) groups excluding carboxylic acids is 2. The molecule has 0 spiro atoms. The zero-order chi connectivity index (χ0) is 33.6. The Kier molecular flexibility index (Phi) is 12.9. The fourth-order valence-electron chi connectivity index (χ4n) is 4.46. The summed E-state index contributed by atoms with van der Waals surface area (Å²) < 4.78 is 39.3. The average molecular weight is 662 g/mol.